The predicted octanol–water partition coefficient (Wildman–Crippen LogP) is -0.0327. The zero-order valence-corrected chi connectivity index (χ0v) is 8.83. The van der Waals surface area contributed by atoms with E-state index in [4.69, 9.17) is 11.5 Å². The molecule has 0 aromatic carbocycles. The average Bonchev–Trinajstić information content (AvgIpc) is 2.49. The number of hydrogen-bond acceptors (Lipinski definition) is 3. The van der Waals surface area contributed by atoms with Crippen molar-refractivity contribution in [3.8, 4) is 0 Å². The van der Waals surface area contributed by atoms with E-state index in [-0.39, 0.29) is 11.9 Å². The standard InChI is InChI=1S/C10H21N3O/c1-7-2-3-8(4-7)13-9(6-11)5-10(12)14/h7-9,13H,2-6,11H2,1H3,(H2,12,14). The second-order valence-corrected chi connectivity index (χ2v) is 4.38. The quantitative estimate of drug-likeness (QED) is 0.581. The molecule has 4 heteroatoms. The number of nitrogens with one attached hydrogen (secondary N) is 1. The highest BCUT2D eigenvalue weighted by Crippen LogP contribution is 2.24. The molecule has 14 heavy (non-hydrogen) atoms. The number of primary amides is 1. The van der Waals surface area contributed by atoms with E-state index in [0.717, 1.165) is 5.92 Å². The van der Waals surface area contributed by atoms with Crippen LogP contribution in [0.5, 0.6) is 0 Å². The summed E-state index contributed by atoms with van der Waals surface area (Å²) in [4.78, 5) is 10.7. The van der Waals surface area contributed by atoms with Gasteiger partial charge in [-0.05, 0) is 25.2 Å². The van der Waals surface area contributed by atoms with Crippen LogP contribution < -0.4 is 16.8 Å². The highest BCUT2D eigenvalue weighted by Gasteiger charge is 2.23. The van der Waals surface area contributed by atoms with Crippen molar-refractivity contribution < 1.29 is 4.79 Å². The van der Waals surface area contributed by atoms with E-state index >= 15 is 0 Å². The van der Waals surface area contributed by atoms with Crippen molar-refractivity contribution in [3.05, 3.63) is 0 Å². The molecule has 1 aliphatic carbocycles. The Balaban J connectivity index is 2.29. The summed E-state index contributed by atoms with van der Waals surface area (Å²) in [6, 6.07) is 0.584. The fourth-order valence-corrected chi connectivity index (χ4v) is 2.14. The molecule has 1 aliphatic rings. The molecule has 0 bridgehead atoms. The minimum absolute atomic E-state index is 0.0581. The van der Waals surface area contributed by atoms with Crippen LogP contribution in [-0.2, 0) is 4.79 Å². The van der Waals surface area contributed by atoms with Gasteiger partial charge >= 0.3 is 0 Å². The smallest absolute Gasteiger partial charge is 0.219 e. The van der Waals surface area contributed by atoms with Crippen molar-refractivity contribution >= 4 is 5.91 Å². The summed E-state index contributed by atoms with van der Waals surface area (Å²) in [7, 11) is 0. The summed E-state index contributed by atoms with van der Waals surface area (Å²) in [5, 5.41) is 3.40. The number of carbonyl (C=O) groups is 1. The van der Waals surface area contributed by atoms with Crippen LogP contribution in [0.2, 0.25) is 0 Å². The van der Waals surface area contributed by atoms with Crippen LogP contribution in [0.4, 0.5) is 0 Å². The molecule has 3 unspecified atom stereocenters. The number of hydrogen-bond donors (Lipinski definition) is 3. The lowest BCUT2D eigenvalue weighted by atomic mass is 10.1. The van der Waals surface area contributed by atoms with Crippen molar-refractivity contribution in [2.24, 2.45) is 17.4 Å². The molecule has 1 saturated carbocycles. The van der Waals surface area contributed by atoms with Gasteiger partial charge in [0.25, 0.3) is 0 Å². The first-order chi connectivity index (χ1) is 6.61. The number of amides is 1. The SMILES string of the molecule is CC1CCC(NC(CN)CC(N)=O)C1. The molecule has 3 atom stereocenters. The van der Waals surface area contributed by atoms with Crippen LogP contribution in [-0.4, -0.2) is 24.5 Å². The summed E-state index contributed by atoms with van der Waals surface area (Å²) in [6.45, 7) is 2.74. The van der Waals surface area contributed by atoms with Gasteiger partial charge in [-0.1, -0.05) is 6.92 Å². The third-order valence-corrected chi connectivity index (χ3v) is 2.90. The van der Waals surface area contributed by atoms with E-state index in [0.29, 0.717) is 19.0 Å². The molecule has 0 saturated heterocycles. The monoisotopic (exact) mass is 199 g/mol. The normalized spacial score (nSPS) is 29.0. The molecule has 0 spiro atoms. The molecule has 82 valence electrons. The van der Waals surface area contributed by atoms with E-state index in [1.807, 2.05) is 0 Å². The van der Waals surface area contributed by atoms with Gasteiger partial charge in [0, 0.05) is 25.0 Å². The number of rotatable bonds is 5. The lowest BCUT2D eigenvalue weighted by molar-refractivity contribution is -0.118. The summed E-state index contributed by atoms with van der Waals surface area (Å²) in [5.74, 6) is 0.512. The van der Waals surface area contributed by atoms with Gasteiger partial charge in [0.15, 0.2) is 0 Å². The molecule has 0 aromatic heterocycles. The van der Waals surface area contributed by atoms with Crippen molar-refractivity contribution in [3.63, 3.8) is 0 Å². The minimum Gasteiger partial charge on any atom is -0.370 e. The molecule has 1 fully saturated rings. The van der Waals surface area contributed by atoms with Crippen LogP contribution in [0, 0.1) is 5.92 Å². The van der Waals surface area contributed by atoms with Crippen molar-refractivity contribution in [2.75, 3.05) is 6.54 Å². The summed E-state index contributed by atoms with van der Waals surface area (Å²) in [6.07, 6.45) is 4.00. The van der Waals surface area contributed by atoms with Crippen LogP contribution in [0.1, 0.15) is 32.6 Å². The molecule has 1 amide bonds. The third-order valence-electron chi connectivity index (χ3n) is 2.90. The fourth-order valence-electron chi connectivity index (χ4n) is 2.14. The Morgan fingerprint density at radius 1 is 1.57 bits per heavy atom. The summed E-state index contributed by atoms with van der Waals surface area (Å²) < 4.78 is 0. The second-order valence-electron chi connectivity index (χ2n) is 4.38. The Bertz CT molecular complexity index is 196. The van der Waals surface area contributed by atoms with Gasteiger partial charge in [-0.3, -0.25) is 4.79 Å². The molecule has 0 aromatic rings. The van der Waals surface area contributed by atoms with E-state index in [9.17, 15) is 4.79 Å². The lowest BCUT2D eigenvalue weighted by Gasteiger charge is -2.20. The molecule has 0 radical (unpaired) electrons. The molecule has 4 nitrogen and oxygen atoms in total. The molecular weight excluding hydrogens is 178 g/mol. The lowest BCUT2D eigenvalue weighted by Crippen LogP contribution is -2.44. The first kappa shape index (κ1) is 11.5. The molecule has 5 N–H and O–H groups in total. The first-order valence-corrected chi connectivity index (χ1v) is 5.36. The Morgan fingerprint density at radius 3 is 2.71 bits per heavy atom. The summed E-state index contributed by atoms with van der Waals surface area (Å²) >= 11 is 0. The second kappa shape index (κ2) is 5.32. The maximum atomic E-state index is 10.7. The zero-order chi connectivity index (χ0) is 10.6. The summed E-state index contributed by atoms with van der Waals surface area (Å²) in [5.41, 5.74) is 10.7. The van der Waals surface area contributed by atoms with Gasteiger partial charge in [-0.15, -0.1) is 0 Å². The zero-order valence-electron chi connectivity index (χ0n) is 8.83. The molecule has 1 rings (SSSR count). The van der Waals surface area contributed by atoms with Gasteiger partial charge in [-0.2, -0.15) is 0 Å². The van der Waals surface area contributed by atoms with Crippen LogP contribution >= 0.6 is 0 Å². The Morgan fingerprint density at radius 2 is 2.29 bits per heavy atom. The van der Waals surface area contributed by atoms with Gasteiger partial charge in [0.2, 0.25) is 5.91 Å². The Labute approximate surface area is 85.4 Å². The van der Waals surface area contributed by atoms with E-state index in [1.165, 1.54) is 19.3 Å². The molecule has 0 heterocycles. The van der Waals surface area contributed by atoms with E-state index in [2.05, 4.69) is 12.2 Å². The molecule has 0 aliphatic heterocycles. The average molecular weight is 199 g/mol. The number of nitrogens with two attached hydrogens (primary N) is 2. The van der Waals surface area contributed by atoms with Crippen LogP contribution in [0.25, 0.3) is 0 Å². The van der Waals surface area contributed by atoms with Crippen LogP contribution in [0.3, 0.4) is 0 Å². The topological polar surface area (TPSA) is 81.1 Å². The van der Waals surface area contributed by atoms with E-state index in [1.54, 1.807) is 0 Å². The van der Waals surface area contributed by atoms with Gasteiger partial charge in [0.1, 0.15) is 0 Å². The fraction of sp³-hybridized carbons (Fsp3) is 0.900. The maximum absolute atomic E-state index is 10.7. The van der Waals surface area contributed by atoms with Crippen molar-refractivity contribution in [1.29, 1.82) is 0 Å². The maximum Gasteiger partial charge on any atom is 0.219 e. The van der Waals surface area contributed by atoms with Gasteiger partial charge in [0.05, 0.1) is 0 Å². The highest BCUT2D eigenvalue weighted by molar-refractivity contribution is 5.74. The minimum atomic E-state index is -0.279. The third kappa shape index (κ3) is 3.64. The highest BCUT2D eigenvalue weighted by atomic mass is 16.1. The van der Waals surface area contributed by atoms with Gasteiger partial charge < -0.3 is 16.8 Å². The largest absolute Gasteiger partial charge is 0.370 e. The predicted molar refractivity (Wildman–Crippen MR) is 56.6 cm³/mol. The first-order valence-electron chi connectivity index (χ1n) is 5.36. The van der Waals surface area contributed by atoms with Crippen LogP contribution in [0.15, 0.2) is 0 Å². The Kier molecular flexibility index (Phi) is 4.35. The Hall–Kier alpha value is -0.610. The molecular formula is C10H21N3O. The van der Waals surface area contributed by atoms with Gasteiger partial charge in [-0.25, -0.2) is 0 Å². The van der Waals surface area contributed by atoms with E-state index < -0.39 is 0 Å². The van der Waals surface area contributed by atoms with Crippen molar-refractivity contribution in [1.82, 2.24) is 5.32 Å². The number of carbonyl (C=O) groups excluding carboxylic acids is 1. The van der Waals surface area contributed by atoms with Crippen molar-refractivity contribution in [2.45, 2.75) is 44.7 Å².